The van der Waals surface area contributed by atoms with E-state index in [1.54, 1.807) is 7.05 Å². The highest BCUT2D eigenvalue weighted by molar-refractivity contribution is 5.78. The Morgan fingerprint density at radius 1 is 1.59 bits per heavy atom. The summed E-state index contributed by atoms with van der Waals surface area (Å²) in [7, 11) is 1.70. The van der Waals surface area contributed by atoms with Crippen LogP contribution in [0.1, 0.15) is 24.3 Å². The van der Waals surface area contributed by atoms with Gasteiger partial charge in [-0.3, -0.25) is 9.69 Å². The molecule has 1 aromatic heterocycles. The number of likely N-dealkylation sites (tertiary alicyclic amines) is 1. The summed E-state index contributed by atoms with van der Waals surface area (Å²) < 4.78 is 5.04. The molecule has 0 unspecified atom stereocenters. The van der Waals surface area contributed by atoms with Crippen molar-refractivity contribution in [3.63, 3.8) is 0 Å². The zero-order valence-corrected chi connectivity index (χ0v) is 10.4. The molecule has 2 heterocycles. The minimum atomic E-state index is 0.168. The van der Waals surface area contributed by atoms with E-state index in [1.165, 1.54) is 0 Å². The fourth-order valence-electron chi connectivity index (χ4n) is 2.28. The monoisotopic (exact) mass is 237 g/mol. The molecule has 0 saturated carbocycles. The van der Waals surface area contributed by atoms with Crippen LogP contribution in [-0.2, 0) is 11.3 Å². The molecule has 1 fully saturated rings. The molecule has 0 bridgehead atoms. The highest BCUT2D eigenvalue weighted by Gasteiger charge is 2.24. The molecule has 1 aliphatic rings. The van der Waals surface area contributed by atoms with Gasteiger partial charge < -0.3 is 9.84 Å². The Hall–Kier alpha value is -1.36. The van der Waals surface area contributed by atoms with Crippen molar-refractivity contribution in [2.45, 2.75) is 26.3 Å². The highest BCUT2D eigenvalue weighted by atomic mass is 16.5. The van der Waals surface area contributed by atoms with E-state index >= 15 is 0 Å². The second kappa shape index (κ2) is 5.31. The van der Waals surface area contributed by atoms with E-state index in [1.807, 2.05) is 13.0 Å². The minimum Gasteiger partial charge on any atom is -0.361 e. The number of nitrogens with one attached hydrogen (secondary N) is 1. The van der Waals surface area contributed by atoms with Gasteiger partial charge in [0.15, 0.2) is 0 Å². The highest BCUT2D eigenvalue weighted by Crippen LogP contribution is 2.18. The summed E-state index contributed by atoms with van der Waals surface area (Å²) in [4.78, 5) is 13.8. The van der Waals surface area contributed by atoms with Crippen molar-refractivity contribution in [2.75, 3.05) is 20.1 Å². The van der Waals surface area contributed by atoms with Crippen LogP contribution in [0.4, 0.5) is 0 Å². The second-order valence-corrected chi connectivity index (χ2v) is 4.59. The zero-order valence-electron chi connectivity index (χ0n) is 10.4. The van der Waals surface area contributed by atoms with E-state index in [0.717, 1.165) is 43.9 Å². The van der Waals surface area contributed by atoms with Gasteiger partial charge in [0.25, 0.3) is 0 Å². The molecule has 1 aliphatic heterocycles. The predicted octanol–water partition coefficient (Wildman–Crippen LogP) is 0.941. The summed E-state index contributed by atoms with van der Waals surface area (Å²) in [6.45, 7) is 4.61. The van der Waals surface area contributed by atoms with Crippen molar-refractivity contribution >= 4 is 5.91 Å². The number of hydrogen-bond donors (Lipinski definition) is 1. The van der Waals surface area contributed by atoms with Crippen LogP contribution in [0, 0.1) is 12.8 Å². The van der Waals surface area contributed by atoms with Crippen molar-refractivity contribution in [3.8, 4) is 0 Å². The molecule has 17 heavy (non-hydrogen) atoms. The van der Waals surface area contributed by atoms with Gasteiger partial charge in [-0.15, -0.1) is 0 Å². The molecule has 1 saturated heterocycles. The van der Waals surface area contributed by atoms with E-state index in [9.17, 15) is 4.79 Å². The summed E-state index contributed by atoms with van der Waals surface area (Å²) >= 11 is 0. The molecule has 0 spiro atoms. The fourth-order valence-corrected chi connectivity index (χ4v) is 2.28. The van der Waals surface area contributed by atoms with E-state index in [0.29, 0.717) is 0 Å². The molecule has 5 nitrogen and oxygen atoms in total. The summed E-state index contributed by atoms with van der Waals surface area (Å²) in [6, 6.07) is 1.96. The molecule has 0 radical (unpaired) electrons. The first-order chi connectivity index (χ1) is 8.19. The first kappa shape index (κ1) is 12.1. The summed E-state index contributed by atoms with van der Waals surface area (Å²) in [6.07, 6.45) is 1.85. The van der Waals surface area contributed by atoms with Gasteiger partial charge in [0.2, 0.25) is 5.91 Å². The SMILES string of the molecule is CNC(=O)C1CCN(Cc2cc(C)on2)CC1. The summed E-state index contributed by atoms with van der Waals surface area (Å²) in [5.74, 6) is 1.19. The lowest BCUT2D eigenvalue weighted by Crippen LogP contribution is -2.39. The second-order valence-electron chi connectivity index (χ2n) is 4.59. The molecule has 0 atom stereocenters. The predicted molar refractivity (Wildman–Crippen MR) is 63.3 cm³/mol. The number of rotatable bonds is 3. The van der Waals surface area contributed by atoms with Crippen LogP contribution in [0.25, 0.3) is 0 Å². The van der Waals surface area contributed by atoms with Gasteiger partial charge >= 0.3 is 0 Å². The number of amides is 1. The number of carbonyl (C=O) groups excluding carboxylic acids is 1. The van der Waals surface area contributed by atoms with Gasteiger partial charge in [-0.2, -0.15) is 0 Å². The van der Waals surface area contributed by atoms with Gasteiger partial charge in [-0.25, -0.2) is 0 Å². The third kappa shape index (κ3) is 3.06. The van der Waals surface area contributed by atoms with E-state index in [2.05, 4.69) is 15.4 Å². The molecule has 1 amide bonds. The van der Waals surface area contributed by atoms with Crippen LogP contribution >= 0.6 is 0 Å². The van der Waals surface area contributed by atoms with Crippen LogP contribution in [0.3, 0.4) is 0 Å². The van der Waals surface area contributed by atoms with E-state index in [-0.39, 0.29) is 11.8 Å². The number of aromatic nitrogens is 1. The maximum Gasteiger partial charge on any atom is 0.222 e. The smallest absolute Gasteiger partial charge is 0.222 e. The maximum absolute atomic E-state index is 11.5. The third-order valence-electron chi connectivity index (χ3n) is 3.27. The first-order valence-corrected chi connectivity index (χ1v) is 6.05. The summed E-state index contributed by atoms with van der Waals surface area (Å²) in [5.41, 5.74) is 0.973. The third-order valence-corrected chi connectivity index (χ3v) is 3.27. The quantitative estimate of drug-likeness (QED) is 0.850. The summed E-state index contributed by atoms with van der Waals surface area (Å²) in [5, 5.41) is 6.70. The number of hydrogen-bond acceptors (Lipinski definition) is 4. The average Bonchev–Trinajstić information content (AvgIpc) is 2.75. The molecule has 0 aromatic carbocycles. The van der Waals surface area contributed by atoms with Gasteiger partial charge in [0.05, 0.1) is 5.69 Å². The van der Waals surface area contributed by atoms with Crippen LogP contribution in [0.15, 0.2) is 10.6 Å². The van der Waals surface area contributed by atoms with E-state index < -0.39 is 0 Å². The molecular weight excluding hydrogens is 218 g/mol. The van der Waals surface area contributed by atoms with Crippen molar-refractivity contribution in [2.24, 2.45) is 5.92 Å². The Morgan fingerprint density at radius 3 is 2.82 bits per heavy atom. The molecule has 1 N–H and O–H groups in total. The van der Waals surface area contributed by atoms with Crippen LogP contribution < -0.4 is 5.32 Å². The van der Waals surface area contributed by atoms with Gasteiger partial charge in [0, 0.05) is 25.6 Å². The van der Waals surface area contributed by atoms with Crippen molar-refractivity contribution < 1.29 is 9.32 Å². The normalized spacial score (nSPS) is 18.2. The van der Waals surface area contributed by atoms with Crippen LogP contribution in [0.5, 0.6) is 0 Å². The Morgan fingerprint density at radius 2 is 2.29 bits per heavy atom. The van der Waals surface area contributed by atoms with Gasteiger partial charge in [0.1, 0.15) is 5.76 Å². The van der Waals surface area contributed by atoms with Crippen molar-refractivity contribution in [3.05, 3.63) is 17.5 Å². The Kier molecular flexibility index (Phi) is 3.78. The molecule has 2 rings (SSSR count). The number of piperidine rings is 1. The van der Waals surface area contributed by atoms with Crippen molar-refractivity contribution in [1.82, 2.24) is 15.4 Å². The Balaban J connectivity index is 1.81. The number of nitrogens with zero attached hydrogens (tertiary/aromatic N) is 2. The largest absolute Gasteiger partial charge is 0.361 e. The molecule has 1 aromatic rings. The number of aryl methyl sites for hydroxylation is 1. The lowest BCUT2D eigenvalue weighted by atomic mass is 9.96. The zero-order chi connectivity index (χ0) is 12.3. The van der Waals surface area contributed by atoms with E-state index in [4.69, 9.17) is 4.52 Å². The topological polar surface area (TPSA) is 58.4 Å². The molecule has 0 aliphatic carbocycles. The Labute approximate surface area is 101 Å². The fraction of sp³-hybridized carbons (Fsp3) is 0.667. The number of carbonyl (C=O) groups is 1. The molecule has 5 heteroatoms. The average molecular weight is 237 g/mol. The first-order valence-electron chi connectivity index (χ1n) is 6.05. The van der Waals surface area contributed by atoms with Crippen LogP contribution in [0.2, 0.25) is 0 Å². The standard InChI is InChI=1S/C12H19N3O2/c1-9-7-11(14-17-9)8-15-5-3-10(4-6-15)12(16)13-2/h7,10H,3-6,8H2,1-2H3,(H,13,16). The Bertz CT molecular complexity index is 381. The van der Waals surface area contributed by atoms with Crippen LogP contribution in [-0.4, -0.2) is 36.1 Å². The van der Waals surface area contributed by atoms with Crippen molar-refractivity contribution in [1.29, 1.82) is 0 Å². The van der Waals surface area contributed by atoms with Gasteiger partial charge in [-0.05, 0) is 32.9 Å². The van der Waals surface area contributed by atoms with Gasteiger partial charge in [-0.1, -0.05) is 5.16 Å². The maximum atomic E-state index is 11.5. The lowest BCUT2D eigenvalue weighted by molar-refractivity contribution is -0.125. The molecular formula is C12H19N3O2. The minimum absolute atomic E-state index is 0.168. The lowest BCUT2D eigenvalue weighted by Gasteiger charge is -2.30. The molecule has 94 valence electrons.